The molecule has 3 aromatic heterocycles. The maximum Gasteiger partial charge on any atom is 0.255 e. The number of nitrogens with zero attached hydrogens (tertiary/aromatic N) is 4. The predicted molar refractivity (Wildman–Crippen MR) is 110 cm³/mol. The molecule has 0 spiro atoms. The molecule has 8 heteroatoms. The van der Waals surface area contributed by atoms with Crippen LogP contribution in [-0.4, -0.2) is 46.1 Å². The summed E-state index contributed by atoms with van der Waals surface area (Å²) in [6.07, 6.45) is 3.82. The molecule has 30 heavy (non-hydrogen) atoms. The molecule has 0 N–H and O–H groups in total. The first-order valence-corrected chi connectivity index (χ1v) is 9.59. The van der Waals surface area contributed by atoms with Gasteiger partial charge in [-0.2, -0.15) is 0 Å². The van der Waals surface area contributed by atoms with Crippen LogP contribution in [-0.2, 0) is 19.5 Å². The highest BCUT2D eigenvalue weighted by molar-refractivity contribution is 5.94. The molecule has 0 aromatic carbocycles. The van der Waals surface area contributed by atoms with E-state index in [9.17, 15) is 9.59 Å². The Morgan fingerprint density at radius 1 is 1.03 bits per heavy atom. The summed E-state index contributed by atoms with van der Waals surface area (Å²) in [6.45, 7) is 1.27. The fourth-order valence-electron chi connectivity index (χ4n) is 3.54. The number of fused-ring (bicyclic) bond motifs is 1. The third kappa shape index (κ3) is 3.89. The Balaban J connectivity index is 1.60. The van der Waals surface area contributed by atoms with Gasteiger partial charge in [-0.25, -0.2) is 4.98 Å². The number of rotatable bonds is 5. The van der Waals surface area contributed by atoms with Crippen LogP contribution in [0.3, 0.4) is 0 Å². The summed E-state index contributed by atoms with van der Waals surface area (Å²) in [5, 5.41) is 0. The molecule has 0 saturated heterocycles. The van der Waals surface area contributed by atoms with Gasteiger partial charge in [0.2, 0.25) is 5.88 Å². The van der Waals surface area contributed by atoms with Crippen molar-refractivity contribution in [3.05, 3.63) is 81.7 Å². The number of carbonyl (C=O) groups is 1. The summed E-state index contributed by atoms with van der Waals surface area (Å²) in [5.74, 6) is 0.989. The molecule has 0 aliphatic carbocycles. The molecule has 0 bridgehead atoms. The third-order valence-corrected chi connectivity index (χ3v) is 5.21. The van der Waals surface area contributed by atoms with E-state index in [2.05, 4.69) is 9.97 Å². The summed E-state index contributed by atoms with van der Waals surface area (Å²) >= 11 is 0. The minimum Gasteiger partial charge on any atom is -0.495 e. The fraction of sp³-hybridized carbons (Fsp3) is 0.273. The van der Waals surface area contributed by atoms with Crippen LogP contribution in [0.1, 0.15) is 27.3 Å². The van der Waals surface area contributed by atoms with Crippen molar-refractivity contribution in [3.8, 4) is 11.6 Å². The van der Waals surface area contributed by atoms with Gasteiger partial charge in [-0.1, -0.05) is 6.07 Å². The van der Waals surface area contributed by atoms with Crippen molar-refractivity contribution in [1.82, 2.24) is 19.4 Å². The van der Waals surface area contributed by atoms with Crippen LogP contribution in [0.15, 0.2) is 53.6 Å². The zero-order chi connectivity index (χ0) is 21.1. The molecule has 0 unspecified atom stereocenters. The summed E-state index contributed by atoms with van der Waals surface area (Å²) < 4.78 is 11.9. The molecule has 4 rings (SSSR count). The first-order chi connectivity index (χ1) is 14.6. The molecular weight excluding hydrogens is 384 g/mol. The summed E-state index contributed by atoms with van der Waals surface area (Å²) in [4.78, 5) is 35.8. The second-order valence-electron chi connectivity index (χ2n) is 6.98. The number of pyridine rings is 3. The highest BCUT2D eigenvalue weighted by Crippen LogP contribution is 2.21. The lowest BCUT2D eigenvalue weighted by Gasteiger charge is -2.30. The number of carbonyl (C=O) groups excluding carboxylic acids is 1. The van der Waals surface area contributed by atoms with Gasteiger partial charge in [0.1, 0.15) is 5.75 Å². The van der Waals surface area contributed by atoms with Gasteiger partial charge in [0, 0.05) is 30.6 Å². The Morgan fingerprint density at radius 3 is 2.57 bits per heavy atom. The normalized spacial score (nSPS) is 12.9. The van der Waals surface area contributed by atoms with Crippen molar-refractivity contribution in [2.24, 2.45) is 0 Å². The first-order valence-electron chi connectivity index (χ1n) is 9.59. The number of aromatic nitrogens is 3. The Morgan fingerprint density at radius 2 is 1.90 bits per heavy atom. The monoisotopic (exact) mass is 406 g/mol. The molecule has 154 valence electrons. The number of hydrogen-bond donors (Lipinski definition) is 0. The molecular formula is C22H22N4O4. The maximum atomic E-state index is 13.0. The van der Waals surface area contributed by atoms with Crippen molar-refractivity contribution in [2.45, 2.75) is 19.5 Å². The van der Waals surface area contributed by atoms with E-state index in [1.807, 2.05) is 18.2 Å². The van der Waals surface area contributed by atoms with Gasteiger partial charge in [-0.3, -0.25) is 14.6 Å². The molecule has 4 heterocycles. The van der Waals surface area contributed by atoms with Gasteiger partial charge in [-0.05, 0) is 30.2 Å². The third-order valence-electron chi connectivity index (χ3n) is 5.21. The van der Waals surface area contributed by atoms with Gasteiger partial charge in [0.05, 0.1) is 44.8 Å². The fourth-order valence-corrected chi connectivity index (χ4v) is 3.54. The summed E-state index contributed by atoms with van der Waals surface area (Å²) in [7, 11) is 3.11. The van der Waals surface area contributed by atoms with Gasteiger partial charge < -0.3 is 18.9 Å². The lowest BCUT2D eigenvalue weighted by molar-refractivity contribution is 0.0728. The highest BCUT2D eigenvalue weighted by Gasteiger charge is 2.25. The lowest BCUT2D eigenvalue weighted by Crippen LogP contribution is -2.39. The molecule has 1 aliphatic heterocycles. The largest absolute Gasteiger partial charge is 0.495 e. The van der Waals surface area contributed by atoms with E-state index in [0.717, 1.165) is 17.0 Å². The van der Waals surface area contributed by atoms with Crippen molar-refractivity contribution >= 4 is 5.91 Å². The van der Waals surface area contributed by atoms with E-state index in [-0.39, 0.29) is 11.5 Å². The van der Waals surface area contributed by atoms with E-state index in [4.69, 9.17) is 9.47 Å². The smallest absolute Gasteiger partial charge is 0.255 e. The average molecular weight is 406 g/mol. The number of hydrogen-bond acceptors (Lipinski definition) is 6. The zero-order valence-electron chi connectivity index (χ0n) is 16.9. The molecule has 0 fully saturated rings. The maximum absolute atomic E-state index is 13.0. The van der Waals surface area contributed by atoms with Crippen molar-refractivity contribution in [1.29, 1.82) is 0 Å². The van der Waals surface area contributed by atoms with E-state index in [0.29, 0.717) is 43.2 Å². The van der Waals surface area contributed by atoms with Crippen LogP contribution in [0.5, 0.6) is 11.6 Å². The minimum atomic E-state index is -0.124. The predicted octanol–water partition coefficient (Wildman–Crippen LogP) is 1.90. The lowest BCUT2D eigenvalue weighted by atomic mass is 10.0. The Hall–Kier alpha value is -3.68. The Labute approximate surface area is 173 Å². The van der Waals surface area contributed by atoms with Crippen LogP contribution >= 0.6 is 0 Å². The molecule has 8 nitrogen and oxygen atoms in total. The Bertz CT molecular complexity index is 1110. The zero-order valence-corrected chi connectivity index (χ0v) is 16.9. The molecule has 0 atom stereocenters. The van der Waals surface area contributed by atoms with Gasteiger partial charge in [-0.15, -0.1) is 0 Å². The summed E-state index contributed by atoms with van der Waals surface area (Å²) in [5.41, 5.74) is 3.02. The highest BCUT2D eigenvalue weighted by atomic mass is 16.5. The Kier molecular flexibility index (Phi) is 5.47. The molecule has 0 radical (unpaired) electrons. The van der Waals surface area contributed by atoms with E-state index >= 15 is 0 Å². The van der Waals surface area contributed by atoms with E-state index in [1.165, 1.54) is 13.3 Å². The second kappa shape index (κ2) is 8.36. The molecule has 1 amide bonds. The van der Waals surface area contributed by atoms with Crippen LogP contribution < -0.4 is 15.0 Å². The van der Waals surface area contributed by atoms with E-state index in [1.54, 1.807) is 41.0 Å². The number of ether oxygens (including phenoxy) is 2. The van der Waals surface area contributed by atoms with Crippen LogP contribution in [0.4, 0.5) is 0 Å². The van der Waals surface area contributed by atoms with Crippen LogP contribution in [0.25, 0.3) is 0 Å². The van der Waals surface area contributed by atoms with Crippen LogP contribution in [0.2, 0.25) is 0 Å². The quantitative estimate of drug-likeness (QED) is 0.643. The van der Waals surface area contributed by atoms with E-state index < -0.39 is 0 Å². The number of methoxy groups -OCH3 is 2. The topological polar surface area (TPSA) is 86.5 Å². The van der Waals surface area contributed by atoms with Gasteiger partial charge in [0.15, 0.2) is 0 Å². The average Bonchev–Trinajstić information content (AvgIpc) is 2.80. The van der Waals surface area contributed by atoms with Crippen molar-refractivity contribution in [2.75, 3.05) is 20.8 Å². The standard InChI is InChI=1S/C22H22N4O4/c1-29-18-6-5-17(23-12-18)13-26-19-14-25(10-9-15(19)4-8-21(26)27)22(28)16-3-7-20(30-2)24-11-16/h3-8,11-12H,9-10,13-14H2,1-2H3. The second-order valence-corrected chi connectivity index (χ2v) is 6.98. The van der Waals surface area contributed by atoms with Crippen LogP contribution in [0, 0.1) is 0 Å². The van der Waals surface area contributed by atoms with Gasteiger partial charge >= 0.3 is 0 Å². The van der Waals surface area contributed by atoms with Gasteiger partial charge in [0.25, 0.3) is 11.5 Å². The molecule has 0 saturated carbocycles. The SMILES string of the molecule is COc1ccc(Cn2c3c(ccc2=O)CCN(C(=O)c2ccc(OC)nc2)C3)nc1. The molecule has 3 aromatic rings. The molecule has 1 aliphatic rings. The first kappa shape index (κ1) is 19.6. The van der Waals surface area contributed by atoms with Crippen molar-refractivity contribution < 1.29 is 14.3 Å². The number of amides is 1. The summed E-state index contributed by atoms with van der Waals surface area (Å²) in [6, 6.07) is 10.4. The minimum absolute atomic E-state index is 0.119. The van der Waals surface area contributed by atoms with Crippen molar-refractivity contribution in [3.63, 3.8) is 0 Å².